The fourth-order valence-electron chi connectivity index (χ4n) is 3.47. The van der Waals surface area contributed by atoms with E-state index < -0.39 is 5.91 Å². The van der Waals surface area contributed by atoms with Gasteiger partial charge < -0.3 is 13.9 Å². The summed E-state index contributed by atoms with van der Waals surface area (Å²) in [5, 5.41) is 0.654. The van der Waals surface area contributed by atoms with Crippen LogP contribution < -0.4 is 9.47 Å². The van der Waals surface area contributed by atoms with Gasteiger partial charge in [0.2, 0.25) is 6.79 Å². The Kier molecular flexibility index (Phi) is 5.41. The molecule has 2 aromatic carbocycles. The summed E-state index contributed by atoms with van der Waals surface area (Å²) in [6.07, 6.45) is 1.57. The standard InChI is InChI=1S/C23H15Cl2NO5S/c1-12-15(3-2-4-16(12)24)18-6-5-14(31-18)8-21-22(27)26(23(28)32-21)10-13-7-19-20(9-17(13)25)30-11-29-19/h2-9H,10-11H2,1H3. The third kappa shape index (κ3) is 3.77. The number of halogens is 2. The summed E-state index contributed by atoms with van der Waals surface area (Å²) in [5.41, 5.74) is 2.36. The molecule has 3 aromatic rings. The summed E-state index contributed by atoms with van der Waals surface area (Å²) >= 11 is 13.4. The fraction of sp³-hybridized carbons (Fsp3) is 0.130. The maximum absolute atomic E-state index is 12.9. The van der Waals surface area contributed by atoms with Crippen LogP contribution in [-0.2, 0) is 11.3 Å². The molecule has 0 atom stereocenters. The minimum absolute atomic E-state index is 0.0304. The number of carbonyl (C=O) groups is 2. The summed E-state index contributed by atoms with van der Waals surface area (Å²) in [6.45, 7) is 2.05. The highest BCUT2D eigenvalue weighted by Crippen LogP contribution is 2.40. The smallest absolute Gasteiger partial charge is 0.293 e. The first kappa shape index (κ1) is 21.0. The number of ether oxygens (including phenoxy) is 2. The summed E-state index contributed by atoms with van der Waals surface area (Å²) in [7, 11) is 0. The second-order valence-electron chi connectivity index (χ2n) is 7.18. The van der Waals surface area contributed by atoms with Gasteiger partial charge >= 0.3 is 0 Å². The van der Waals surface area contributed by atoms with E-state index in [1.807, 2.05) is 25.1 Å². The van der Waals surface area contributed by atoms with Gasteiger partial charge in [0.05, 0.1) is 11.4 Å². The van der Waals surface area contributed by atoms with Gasteiger partial charge in [0.25, 0.3) is 11.1 Å². The molecule has 1 saturated heterocycles. The number of thioether (sulfide) groups is 1. The molecule has 0 bridgehead atoms. The number of fused-ring (bicyclic) bond motifs is 1. The molecule has 1 aromatic heterocycles. The lowest BCUT2D eigenvalue weighted by molar-refractivity contribution is -0.123. The quantitative estimate of drug-likeness (QED) is 0.389. The molecule has 9 heteroatoms. The van der Waals surface area contributed by atoms with Crippen molar-refractivity contribution in [2.24, 2.45) is 0 Å². The van der Waals surface area contributed by atoms with Crippen molar-refractivity contribution in [3.05, 3.63) is 74.3 Å². The Morgan fingerprint density at radius 3 is 2.66 bits per heavy atom. The number of nitrogens with zero attached hydrogens (tertiary/aromatic N) is 1. The van der Waals surface area contributed by atoms with Gasteiger partial charge in [-0.05, 0) is 54.1 Å². The minimum Gasteiger partial charge on any atom is -0.457 e. The predicted octanol–water partition coefficient (Wildman–Crippen LogP) is 6.53. The number of furan rings is 1. The van der Waals surface area contributed by atoms with Crippen molar-refractivity contribution in [1.29, 1.82) is 0 Å². The topological polar surface area (TPSA) is 69.0 Å². The van der Waals surface area contributed by atoms with Crippen LogP contribution in [0.25, 0.3) is 17.4 Å². The van der Waals surface area contributed by atoms with Gasteiger partial charge in [0.1, 0.15) is 11.5 Å². The Morgan fingerprint density at radius 1 is 1.06 bits per heavy atom. The minimum atomic E-state index is -0.411. The maximum Gasteiger partial charge on any atom is 0.293 e. The normalized spacial score (nSPS) is 16.5. The molecule has 0 aliphatic carbocycles. The van der Waals surface area contributed by atoms with Crippen LogP contribution in [0, 0.1) is 6.92 Å². The zero-order chi connectivity index (χ0) is 22.4. The summed E-state index contributed by atoms with van der Waals surface area (Å²) in [4.78, 5) is 26.8. The highest BCUT2D eigenvalue weighted by molar-refractivity contribution is 8.18. The Morgan fingerprint density at radius 2 is 1.84 bits per heavy atom. The molecule has 0 N–H and O–H groups in total. The van der Waals surface area contributed by atoms with Gasteiger partial charge in [0, 0.05) is 27.8 Å². The van der Waals surface area contributed by atoms with Crippen molar-refractivity contribution in [2.75, 3.05) is 6.79 Å². The number of rotatable bonds is 4. The van der Waals surface area contributed by atoms with Crippen LogP contribution in [0.5, 0.6) is 11.5 Å². The number of hydrogen-bond donors (Lipinski definition) is 0. The van der Waals surface area contributed by atoms with E-state index in [4.69, 9.17) is 37.1 Å². The van der Waals surface area contributed by atoms with Crippen LogP contribution in [0.2, 0.25) is 10.0 Å². The Hall–Kier alpha value is -2.87. The van der Waals surface area contributed by atoms with Crippen LogP contribution in [0.15, 0.2) is 51.8 Å². The SMILES string of the molecule is Cc1c(Cl)cccc1-c1ccc(C=C2SC(=O)N(Cc3cc4c(cc3Cl)OCO4)C2=O)o1. The van der Waals surface area contributed by atoms with E-state index >= 15 is 0 Å². The van der Waals surface area contributed by atoms with Crippen LogP contribution in [0.4, 0.5) is 4.79 Å². The molecular formula is C23H15Cl2NO5S. The molecule has 162 valence electrons. The highest BCUT2D eigenvalue weighted by atomic mass is 35.5. The lowest BCUT2D eigenvalue weighted by Crippen LogP contribution is -2.27. The van der Waals surface area contributed by atoms with Gasteiger partial charge in [-0.25, -0.2) is 0 Å². The third-order valence-corrected chi connectivity index (χ3v) is 6.85. The van der Waals surface area contributed by atoms with Gasteiger partial charge in [-0.3, -0.25) is 14.5 Å². The van der Waals surface area contributed by atoms with Gasteiger partial charge in [-0.15, -0.1) is 0 Å². The monoisotopic (exact) mass is 487 g/mol. The van der Waals surface area contributed by atoms with E-state index in [9.17, 15) is 9.59 Å². The predicted molar refractivity (Wildman–Crippen MR) is 123 cm³/mol. The van der Waals surface area contributed by atoms with Crippen molar-refractivity contribution >= 4 is 52.2 Å². The second-order valence-corrected chi connectivity index (χ2v) is 8.99. The molecule has 2 amide bonds. The highest BCUT2D eigenvalue weighted by Gasteiger charge is 2.36. The van der Waals surface area contributed by atoms with Crippen LogP contribution in [-0.4, -0.2) is 22.8 Å². The first-order valence-corrected chi connectivity index (χ1v) is 11.2. The Bertz CT molecular complexity index is 1300. The average Bonchev–Trinajstić information content (AvgIpc) is 3.47. The third-order valence-electron chi connectivity index (χ3n) is 5.18. The van der Waals surface area contributed by atoms with Gasteiger partial charge in [0.15, 0.2) is 11.5 Å². The number of amides is 2. The second kappa shape index (κ2) is 8.24. The molecular weight excluding hydrogens is 473 g/mol. The van der Waals surface area contributed by atoms with Crippen LogP contribution in [0.3, 0.4) is 0 Å². The number of benzene rings is 2. The number of hydrogen-bond acceptors (Lipinski definition) is 6. The van der Waals surface area contributed by atoms with Crippen molar-refractivity contribution in [2.45, 2.75) is 13.5 Å². The van der Waals surface area contributed by atoms with Gasteiger partial charge in [-0.2, -0.15) is 0 Å². The summed E-state index contributed by atoms with van der Waals surface area (Å²) in [6, 6.07) is 12.4. The number of carbonyl (C=O) groups excluding carboxylic acids is 2. The van der Waals surface area contributed by atoms with E-state index in [0.29, 0.717) is 38.6 Å². The molecule has 2 aliphatic heterocycles. The molecule has 0 spiro atoms. The van der Waals surface area contributed by atoms with E-state index in [-0.39, 0.29) is 23.5 Å². The molecule has 3 heterocycles. The van der Waals surface area contributed by atoms with Crippen LogP contribution >= 0.6 is 35.0 Å². The van der Waals surface area contributed by atoms with Crippen molar-refractivity contribution < 1.29 is 23.5 Å². The molecule has 0 unspecified atom stereocenters. The van der Waals surface area contributed by atoms with E-state index in [0.717, 1.165) is 27.8 Å². The zero-order valence-corrected chi connectivity index (χ0v) is 19.0. The fourth-order valence-corrected chi connectivity index (χ4v) is 4.67. The Labute approximate surface area is 197 Å². The van der Waals surface area contributed by atoms with E-state index in [2.05, 4.69) is 0 Å². The first-order chi connectivity index (χ1) is 15.4. The first-order valence-electron chi connectivity index (χ1n) is 9.59. The van der Waals surface area contributed by atoms with Crippen molar-refractivity contribution in [3.8, 4) is 22.8 Å². The number of imide groups is 1. The lowest BCUT2D eigenvalue weighted by Gasteiger charge is -2.14. The summed E-state index contributed by atoms with van der Waals surface area (Å²) in [5.74, 6) is 1.75. The molecule has 1 fully saturated rings. The molecule has 2 aliphatic rings. The molecule has 0 saturated carbocycles. The van der Waals surface area contributed by atoms with Crippen LogP contribution in [0.1, 0.15) is 16.9 Å². The van der Waals surface area contributed by atoms with E-state index in [1.165, 1.54) is 0 Å². The molecule has 6 nitrogen and oxygen atoms in total. The maximum atomic E-state index is 12.9. The molecule has 32 heavy (non-hydrogen) atoms. The van der Waals surface area contributed by atoms with Crippen molar-refractivity contribution in [3.63, 3.8) is 0 Å². The zero-order valence-electron chi connectivity index (χ0n) is 16.7. The average molecular weight is 488 g/mol. The molecule has 5 rings (SSSR count). The Balaban J connectivity index is 1.38. The largest absolute Gasteiger partial charge is 0.457 e. The lowest BCUT2D eigenvalue weighted by atomic mass is 10.1. The van der Waals surface area contributed by atoms with Gasteiger partial charge in [-0.1, -0.05) is 35.3 Å². The summed E-state index contributed by atoms with van der Waals surface area (Å²) < 4.78 is 16.5. The van der Waals surface area contributed by atoms with E-state index in [1.54, 1.807) is 30.3 Å². The van der Waals surface area contributed by atoms with Crippen molar-refractivity contribution in [1.82, 2.24) is 4.90 Å². The molecule has 0 radical (unpaired) electrons.